The van der Waals surface area contributed by atoms with Gasteiger partial charge in [0.15, 0.2) is 5.75 Å². The molecule has 0 spiro atoms. The van der Waals surface area contributed by atoms with Gasteiger partial charge in [0, 0.05) is 6.54 Å². The summed E-state index contributed by atoms with van der Waals surface area (Å²) in [5, 5.41) is 7.93. The topological polar surface area (TPSA) is 39.1 Å². The predicted molar refractivity (Wildman–Crippen MR) is 72.3 cm³/mol. The van der Waals surface area contributed by atoms with E-state index in [-0.39, 0.29) is 0 Å². The van der Waals surface area contributed by atoms with Gasteiger partial charge in [-0.05, 0) is 32.1 Å². The number of halogens is 1. The monoisotopic (exact) mass is 265 g/mol. The smallest absolute Gasteiger partial charge is 0.165 e. The molecule has 1 aromatic carbocycles. The van der Waals surface area contributed by atoms with Gasteiger partial charge in [-0.2, -0.15) is 5.10 Å². The van der Waals surface area contributed by atoms with Gasteiger partial charge in [-0.15, -0.1) is 0 Å². The summed E-state index contributed by atoms with van der Waals surface area (Å²) >= 11 is 6.02. The van der Waals surface area contributed by atoms with E-state index in [0.717, 1.165) is 19.5 Å². The van der Waals surface area contributed by atoms with Crippen molar-refractivity contribution >= 4 is 11.6 Å². The van der Waals surface area contributed by atoms with Crippen LogP contribution in [-0.4, -0.2) is 23.4 Å². The molecular formula is C13H16ClN3O. The Labute approximate surface area is 112 Å². The van der Waals surface area contributed by atoms with Crippen LogP contribution in [0.25, 0.3) is 0 Å². The molecule has 0 aliphatic heterocycles. The molecule has 2 aromatic rings. The van der Waals surface area contributed by atoms with E-state index in [9.17, 15) is 0 Å². The first-order valence-electron chi connectivity index (χ1n) is 5.89. The summed E-state index contributed by atoms with van der Waals surface area (Å²) < 4.78 is 7.53. The van der Waals surface area contributed by atoms with Crippen LogP contribution >= 0.6 is 11.6 Å². The quantitative estimate of drug-likeness (QED) is 0.817. The number of nitrogens with zero attached hydrogens (tertiary/aromatic N) is 2. The van der Waals surface area contributed by atoms with Gasteiger partial charge in [-0.3, -0.25) is 4.68 Å². The fourth-order valence-corrected chi connectivity index (χ4v) is 1.77. The molecule has 2 rings (SSSR count). The van der Waals surface area contributed by atoms with Crippen molar-refractivity contribution in [1.82, 2.24) is 15.1 Å². The van der Waals surface area contributed by atoms with Crippen molar-refractivity contribution in [2.24, 2.45) is 0 Å². The molecule has 0 atom stereocenters. The molecule has 1 heterocycles. The Hall–Kier alpha value is -1.52. The number of aromatic nitrogens is 2. The number of hydrogen-bond donors (Lipinski definition) is 1. The number of nitrogens with one attached hydrogen (secondary N) is 1. The minimum atomic E-state index is 0.598. The Balaban J connectivity index is 1.96. The highest BCUT2D eigenvalue weighted by molar-refractivity contribution is 6.32. The van der Waals surface area contributed by atoms with E-state index in [1.54, 1.807) is 12.3 Å². The van der Waals surface area contributed by atoms with E-state index in [1.807, 2.05) is 36.1 Å². The van der Waals surface area contributed by atoms with Gasteiger partial charge in [0.05, 0.1) is 17.4 Å². The van der Waals surface area contributed by atoms with E-state index in [2.05, 4.69) is 10.4 Å². The van der Waals surface area contributed by atoms with Gasteiger partial charge in [0.2, 0.25) is 0 Å². The van der Waals surface area contributed by atoms with Gasteiger partial charge in [-0.25, -0.2) is 0 Å². The molecule has 0 saturated heterocycles. The largest absolute Gasteiger partial charge is 0.452 e. The molecule has 0 aliphatic rings. The number of rotatable bonds is 6. The zero-order valence-corrected chi connectivity index (χ0v) is 11.0. The lowest BCUT2D eigenvalue weighted by Crippen LogP contribution is -2.11. The van der Waals surface area contributed by atoms with E-state index < -0.39 is 0 Å². The minimum absolute atomic E-state index is 0.598. The molecular weight excluding hydrogens is 250 g/mol. The van der Waals surface area contributed by atoms with Crippen molar-refractivity contribution in [2.45, 2.75) is 13.0 Å². The summed E-state index contributed by atoms with van der Waals surface area (Å²) in [6, 6.07) is 7.39. The summed E-state index contributed by atoms with van der Waals surface area (Å²) in [5.74, 6) is 1.35. The molecule has 0 aliphatic carbocycles. The van der Waals surface area contributed by atoms with Crippen LogP contribution in [0.3, 0.4) is 0 Å². The first-order chi connectivity index (χ1) is 8.79. The average Bonchev–Trinajstić information content (AvgIpc) is 2.80. The Morgan fingerprint density at radius 2 is 2.22 bits per heavy atom. The Morgan fingerprint density at radius 3 is 3.00 bits per heavy atom. The SMILES string of the molecule is CNCCCn1cc(Oc2ccccc2Cl)cn1. The maximum atomic E-state index is 6.02. The summed E-state index contributed by atoms with van der Waals surface area (Å²) in [6.07, 6.45) is 4.60. The highest BCUT2D eigenvalue weighted by atomic mass is 35.5. The zero-order valence-electron chi connectivity index (χ0n) is 10.3. The predicted octanol–water partition coefficient (Wildman–Crippen LogP) is 2.94. The lowest BCUT2D eigenvalue weighted by Gasteiger charge is -2.04. The van der Waals surface area contributed by atoms with Crippen LogP contribution in [0.15, 0.2) is 36.7 Å². The Bertz CT molecular complexity index is 498. The molecule has 0 fully saturated rings. The number of benzene rings is 1. The molecule has 18 heavy (non-hydrogen) atoms. The number of hydrogen-bond acceptors (Lipinski definition) is 3. The fourth-order valence-electron chi connectivity index (χ4n) is 1.59. The molecule has 5 heteroatoms. The first-order valence-corrected chi connectivity index (χ1v) is 6.27. The molecule has 0 bridgehead atoms. The van der Waals surface area contributed by atoms with Crippen molar-refractivity contribution in [2.75, 3.05) is 13.6 Å². The molecule has 96 valence electrons. The Kier molecular flexibility index (Phi) is 4.61. The van der Waals surface area contributed by atoms with Crippen molar-refractivity contribution in [3.05, 3.63) is 41.7 Å². The minimum Gasteiger partial charge on any atom is -0.452 e. The molecule has 0 amide bonds. The van der Waals surface area contributed by atoms with Crippen molar-refractivity contribution in [1.29, 1.82) is 0 Å². The molecule has 1 N–H and O–H groups in total. The third-order valence-electron chi connectivity index (χ3n) is 2.49. The third kappa shape index (κ3) is 3.48. The van der Waals surface area contributed by atoms with Crippen molar-refractivity contribution in [3.8, 4) is 11.5 Å². The summed E-state index contributed by atoms with van der Waals surface area (Å²) in [5.41, 5.74) is 0. The van der Waals surface area contributed by atoms with E-state index in [0.29, 0.717) is 16.5 Å². The van der Waals surface area contributed by atoms with E-state index >= 15 is 0 Å². The normalized spacial score (nSPS) is 10.6. The van der Waals surface area contributed by atoms with Gasteiger partial charge < -0.3 is 10.1 Å². The Morgan fingerprint density at radius 1 is 1.39 bits per heavy atom. The van der Waals surface area contributed by atoms with Crippen LogP contribution in [0.4, 0.5) is 0 Å². The second-order valence-corrected chi connectivity index (χ2v) is 4.34. The molecule has 0 radical (unpaired) electrons. The van der Waals surface area contributed by atoms with Crippen LogP contribution in [0, 0.1) is 0 Å². The fraction of sp³-hybridized carbons (Fsp3) is 0.308. The maximum absolute atomic E-state index is 6.02. The molecule has 0 saturated carbocycles. The number of aryl methyl sites for hydroxylation is 1. The standard InChI is InChI=1S/C13H16ClN3O/c1-15-7-4-8-17-10-11(9-16-17)18-13-6-3-2-5-12(13)14/h2-3,5-6,9-10,15H,4,7-8H2,1H3. The molecule has 1 aromatic heterocycles. The highest BCUT2D eigenvalue weighted by Gasteiger charge is 2.04. The van der Waals surface area contributed by atoms with Gasteiger partial charge >= 0.3 is 0 Å². The first kappa shape index (κ1) is 12.9. The van der Waals surface area contributed by atoms with E-state index in [1.165, 1.54) is 0 Å². The lowest BCUT2D eigenvalue weighted by atomic mass is 10.3. The van der Waals surface area contributed by atoms with Gasteiger partial charge in [0.25, 0.3) is 0 Å². The number of para-hydroxylation sites is 1. The summed E-state index contributed by atoms with van der Waals surface area (Å²) in [7, 11) is 1.94. The van der Waals surface area contributed by atoms with Crippen LogP contribution < -0.4 is 10.1 Å². The van der Waals surface area contributed by atoms with Crippen molar-refractivity contribution < 1.29 is 4.74 Å². The number of ether oxygens (including phenoxy) is 1. The van der Waals surface area contributed by atoms with Crippen LogP contribution in [0.1, 0.15) is 6.42 Å². The van der Waals surface area contributed by atoms with Crippen LogP contribution in [0.5, 0.6) is 11.5 Å². The third-order valence-corrected chi connectivity index (χ3v) is 2.80. The van der Waals surface area contributed by atoms with Gasteiger partial charge in [0.1, 0.15) is 5.75 Å². The second kappa shape index (κ2) is 6.42. The van der Waals surface area contributed by atoms with Crippen LogP contribution in [0.2, 0.25) is 5.02 Å². The average molecular weight is 266 g/mol. The molecule has 4 nitrogen and oxygen atoms in total. The van der Waals surface area contributed by atoms with Crippen LogP contribution in [-0.2, 0) is 6.54 Å². The zero-order chi connectivity index (χ0) is 12.8. The summed E-state index contributed by atoms with van der Waals surface area (Å²) in [4.78, 5) is 0. The maximum Gasteiger partial charge on any atom is 0.165 e. The second-order valence-electron chi connectivity index (χ2n) is 3.93. The van der Waals surface area contributed by atoms with Crippen molar-refractivity contribution in [3.63, 3.8) is 0 Å². The van der Waals surface area contributed by atoms with E-state index in [4.69, 9.17) is 16.3 Å². The lowest BCUT2D eigenvalue weighted by molar-refractivity contribution is 0.480. The summed E-state index contributed by atoms with van der Waals surface area (Å²) in [6.45, 7) is 1.84. The highest BCUT2D eigenvalue weighted by Crippen LogP contribution is 2.28. The molecule has 0 unspecified atom stereocenters. The van der Waals surface area contributed by atoms with Gasteiger partial charge in [-0.1, -0.05) is 23.7 Å².